The summed E-state index contributed by atoms with van der Waals surface area (Å²) in [6.45, 7) is 2.92. The van der Waals surface area contributed by atoms with Crippen molar-refractivity contribution in [2.75, 3.05) is 32.7 Å². The van der Waals surface area contributed by atoms with Crippen molar-refractivity contribution in [1.82, 2.24) is 9.21 Å². The highest BCUT2D eigenvalue weighted by molar-refractivity contribution is 7.89. The highest BCUT2D eigenvalue weighted by Crippen LogP contribution is 2.23. The number of aryl methyl sites for hydroxylation is 2. The number of hydrogen-bond donors (Lipinski definition) is 0. The third kappa shape index (κ3) is 3.99. The molecule has 4 nitrogen and oxygen atoms in total. The van der Waals surface area contributed by atoms with Gasteiger partial charge in [-0.25, -0.2) is 8.42 Å². The molecule has 0 aromatic heterocycles. The molecule has 0 spiro atoms. The molecule has 1 fully saturated rings. The number of rotatable bonds is 3. The highest BCUT2D eigenvalue weighted by atomic mass is 32.2. The van der Waals surface area contributed by atoms with E-state index in [1.165, 1.54) is 9.21 Å². The Morgan fingerprint density at radius 1 is 1.09 bits per heavy atom. The van der Waals surface area contributed by atoms with E-state index < -0.39 is 22.7 Å². The molecule has 124 valence electrons. The minimum Gasteiger partial charge on any atom is -0.292 e. The second-order valence-electron chi connectivity index (χ2n) is 5.56. The molecule has 22 heavy (non-hydrogen) atoms. The first-order chi connectivity index (χ1) is 10.1. The summed E-state index contributed by atoms with van der Waals surface area (Å²) in [4.78, 5) is 1.45. The van der Waals surface area contributed by atoms with Gasteiger partial charge in [0.25, 0.3) is 0 Å². The van der Waals surface area contributed by atoms with Gasteiger partial charge in [0.1, 0.15) is 0 Å². The summed E-state index contributed by atoms with van der Waals surface area (Å²) in [6, 6.07) is 5.06. The smallest absolute Gasteiger partial charge is 0.292 e. The molecular formula is C14H19F3N2O2S. The van der Waals surface area contributed by atoms with Crippen LogP contribution in [0, 0.1) is 13.8 Å². The lowest BCUT2D eigenvalue weighted by molar-refractivity contribution is -0.148. The summed E-state index contributed by atoms with van der Waals surface area (Å²) in [7, 11) is -3.65. The van der Waals surface area contributed by atoms with E-state index in [2.05, 4.69) is 0 Å². The van der Waals surface area contributed by atoms with Gasteiger partial charge >= 0.3 is 6.18 Å². The van der Waals surface area contributed by atoms with E-state index in [1.54, 1.807) is 25.1 Å². The van der Waals surface area contributed by atoms with Gasteiger partial charge in [-0.2, -0.15) is 17.5 Å². The number of piperazine rings is 1. The molecule has 0 unspecified atom stereocenters. The Morgan fingerprint density at radius 2 is 1.68 bits per heavy atom. The number of alkyl halides is 3. The van der Waals surface area contributed by atoms with E-state index in [0.29, 0.717) is 5.56 Å². The molecule has 1 aliphatic rings. The van der Waals surface area contributed by atoms with Gasteiger partial charge in [-0.3, -0.25) is 4.90 Å². The SMILES string of the molecule is Cc1ccc(S(=O)(=O)N2CCN(CC(F)(F)F)CC2)c(C)c1. The second kappa shape index (κ2) is 6.17. The minimum atomic E-state index is -4.26. The maximum atomic E-state index is 12.6. The summed E-state index contributed by atoms with van der Waals surface area (Å²) >= 11 is 0. The summed E-state index contributed by atoms with van der Waals surface area (Å²) in [5, 5.41) is 0. The fourth-order valence-electron chi connectivity index (χ4n) is 2.61. The van der Waals surface area contributed by atoms with E-state index in [9.17, 15) is 21.6 Å². The van der Waals surface area contributed by atoms with Crippen molar-refractivity contribution in [1.29, 1.82) is 0 Å². The van der Waals surface area contributed by atoms with Crippen molar-refractivity contribution in [3.05, 3.63) is 29.3 Å². The van der Waals surface area contributed by atoms with Crippen LogP contribution >= 0.6 is 0 Å². The van der Waals surface area contributed by atoms with Gasteiger partial charge < -0.3 is 0 Å². The van der Waals surface area contributed by atoms with Crippen molar-refractivity contribution in [3.8, 4) is 0 Å². The van der Waals surface area contributed by atoms with E-state index in [0.717, 1.165) is 5.56 Å². The van der Waals surface area contributed by atoms with Crippen LogP contribution in [-0.2, 0) is 10.0 Å². The Labute approximate surface area is 128 Å². The lowest BCUT2D eigenvalue weighted by Crippen LogP contribution is -2.50. The zero-order chi connectivity index (χ0) is 16.5. The molecule has 1 aromatic rings. The van der Waals surface area contributed by atoms with Crippen LogP contribution in [0.25, 0.3) is 0 Å². The average Bonchev–Trinajstić information content (AvgIpc) is 2.36. The van der Waals surface area contributed by atoms with Gasteiger partial charge in [-0.1, -0.05) is 17.7 Å². The monoisotopic (exact) mass is 336 g/mol. The summed E-state index contributed by atoms with van der Waals surface area (Å²) in [5.41, 5.74) is 1.61. The Hall–Kier alpha value is -1.12. The van der Waals surface area contributed by atoms with Gasteiger partial charge in [0.15, 0.2) is 0 Å². The molecule has 1 aromatic carbocycles. The van der Waals surface area contributed by atoms with Crippen LogP contribution in [0.2, 0.25) is 0 Å². The van der Waals surface area contributed by atoms with Gasteiger partial charge in [-0.15, -0.1) is 0 Å². The Balaban J connectivity index is 2.10. The molecule has 0 N–H and O–H groups in total. The first-order valence-electron chi connectivity index (χ1n) is 6.96. The van der Waals surface area contributed by atoms with Crippen LogP contribution in [-0.4, -0.2) is 56.5 Å². The first kappa shape index (κ1) is 17.2. The Kier molecular flexibility index (Phi) is 4.84. The predicted octanol–water partition coefficient (Wildman–Crippen LogP) is 2.17. The van der Waals surface area contributed by atoms with E-state index in [1.807, 2.05) is 6.92 Å². The maximum absolute atomic E-state index is 12.6. The zero-order valence-corrected chi connectivity index (χ0v) is 13.3. The molecule has 1 aliphatic heterocycles. The molecule has 0 aliphatic carbocycles. The van der Waals surface area contributed by atoms with Crippen molar-refractivity contribution in [3.63, 3.8) is 0 Å². The van der Waals surface area contributed by atoms with Crippen LogP contribution < -0.4 is 0 Å². The fourth-order valence-corrected chi connectivity index (χ4v) is 4.24. The zero-order valence-electron chi connectivity index (χ0n) is 12.5. The predicted molar refractivity (Wildman–Crippen MR) is 77.2 cm³/mol. The van der Waals surface area contributed by atoms with Gasteiger partial charge in [0.2, 0.25) is 10.0 Å². The lowest BCUT2D eigenvalue weighted by atomic mass is 10.2. The summed E-state index contributed by atoms with van der Waals surface area (Å²) in [5.74, 6) is 0. The average molecular weight is 336 g/mol. The highest BCUT2D eigenvalue weighted by Gasteiger charge is 2.35. The van der Waals surface area contributed by atoms with Crippen LogP contribution in [0.5, 0.6) is 0 Å². The van der Waals surface area contributed by atoms with E-state index in [4.69, 9.17) is 0 Å². The molecule has 0 radical (unpaired) electrons. The number of benzene rings is 1. The van der Waals surface area contributed by atoms with Crippen molar-refractivity contribution >= 4 is 10.0 Å². The molecule has 0 saturated carbocycles. The minimum absolute atomic E-state index is 0.0751. The van der Waals surface area contributed by atoms with E-state index >= 15 is 0 Å². The quantitative estimate of drug-likeness (QED) is 0.849. The number of halogens is 3. The van der Waals surface area contributed by atoms with Crippen molar-refractivity contribution in [2.45, 2.75) is 24.9 Å². The van der Waals surface area contributed by atoms with Crippen molar-refractivity contribution < 1.29 is 21.6 Å². The van der Waals surface area contributed by atoms with Gasteiger partial charge in [-0.05, 0) is 25.5 Å². The number of nitrogens with zero attached hydrogens (tertiary/aromatic N) is 2. The molecule has 0 amide bonds. The molecule has 1 saturated heterocycles. The summed E-state index contributed by atoms with van der Waals surface area (Å²) in [6.07, 6.45) is -4.26. The third-order valence-corrected chi connectivity index (χ3v) is 5.74. The van der Waals surface area contributed by atoms with Crippen LogP contribution in [0.4, 0.5) is 13.2 Å². The third-order valence-electron chi connectivity index (χ3n) is 3.68. The van der Waals surface area contributed by atoms with Gasteiger partial charge in [0.05, 0.1) is 11.4 Å². The molecule has 1 heterocycles. The molecule has 2 rings (SSSR count). The Bertz CT molecular complexity index is 636. The van der Waals surface area contributed by atoms with Gasteiger partial charge in [0, 0.05) is 26.2 Å². The largest absolute Gasteiger partial charge is 0.401 e. The van der Waals surface area contributed by atoms with Crippen LogP contribution in [0.1, 0.15) is 11.1 Å². The topological polar surface area (TPSA) is 40.6 Å². The van der Waals surface area contributed by atoms with Crippen LogP contribution in [0.3, 0.4) is 0 Å². The molecule has 8 heteroatoms. The number of hydrogen-bond acceptors (Lipinski definition) is 3. The first-order valence-corrected chi connectivity index (χ1v) is 8.40. The normalized spacial score (nSPS) is 18.6. The molecular weight excluding hydrogens is 317 g/mol. The second-order valence-corrected chi connectivity index (χ2v) is 7.47. The standard InChI is InChI=1S/C14H19F3N2O2S/c1-11-3-4-13(12(2)9-11)22(20,21)19-7-5-18(6-8-19)10-14(15,16)17/h3-4,9H,5-8,10H2,1-2H3. The lowest BCUT2D eigenvalue weighted by Gasteiger charge is -2.34. The molecule has 0 atom stereocenters. The molecule has 0 bridgehead atoms. The fraction of sp³-hybridized carbons (Fsp3) is 0.571. The maximum Gasteiger partial charge on any atom is 0.401 e. The number of sulfonamides is 1. The summed E-state index contributed by atoms with van der Waals surface area (Å²) < 4.78 is 63.5. The van der Waals surface area contributed by atoms with E-state index in [-0.39, 0.29) is 31.1 Å². The van der Waals surface area contributed by atoms with Crippen molar-refractivity contribution in [2.24, 2.45) is 0 Å². The van der Waals surface area contributed by atoms with Crippen LogP contribution in [0.15, 0.2) is 23.1 Å². The Morgan fingerprint density at radius 3 is 2.18 bits per heavy atom.